The Hall–Kier alpha value is -0.580. The Morgan fingerprint density at radius 2 is 1.00 bits per heavy atom. The third-order valence-electron chi connectivity index (χ3n) is 6.60. The molecule has 1 N–H and O–H groups in total. The van der Waals surface area contributed by atoms with Crippen LogP contribution < -0.4 is 0 Å². The molecule has 0 atom stereocenters. The van der Waals surface area contributed by atoms with Gasteiger partial charge in [0.1, 0.15) is 0 Å². The molecule has 0 heterocycles. The van der Waals surface area contributed by atoms with Crippen LogP contribution in [0.2, 0.25) is 5.02 Å². The van der Waals surface area contributed by atoms with E-state index in [1.807, 2.05) is 0 Å². The normalized spacial score (nSPS) is 11.8. The van der Waals surface area contributed by atoms with Gasteiger partial charge in [0, 0.05) is 5.02 Å². The van der Waals surface area contributed by atoms with Crippen LogP contribution in [-0.2, 0) is 16.5 Å². The van der Waals surface area contributed by atoms with Crippen LogP contribution in [0.4, 0.5) is 0 Å². The molecule has 3 nitrogen and oxygen atoms in total. The fourth-order valence-electron chi connectivity index (χ4n) is 4.57. The highest BCUT2D eigenvalue weighted by Gasteiger charge is 2.15. The van der Waals surface area contributed by atoms with E-state index in [1.54, 1.807) is 6.07 Å². The average Bonchev–Trinajstić information content (AvgIpc) is 2.77. The van der Waals surface area contributed by atoms with Crippen LogP contribution >= 0.6 is 11.6 Å². The van der Waals surface area contributed by atoms with Crippen molar-refractivity contribution >= 4 is 21.7 Å². The minimum absolute atomic E-state index is 0.00953. The summed E-state index contributed by atoms with van der Waals surface area (Å²) in [5.74, 6) is 0. The van der Waals surface area contributed by atoms with Crippen molar-refractivity contribution in [2.45, 2.75) is 147 Å². The smallest absolute Gasteiger partial charge is 0.282 e. The fraction of sp³-hybridized carbons (Fsp3) is 0.786. The Kier molecular flexibility index (Phi) is 18.2. The van der Waals surface area contributed by atoms with E-state index in [4.69, 9.17) is 11.6 Å². The lowest BCUT2D eigenvalue weighted by atomic mass is 10.0. The zero-order valence-electron chi connectivity index (χ0n) is 21.1. The number of unbranched alkanes of at least 4 members (excludes halogenated alkanes) is 19. The first-order valence-electron chi connectivity index (χ1n) is 13.7. The Labute approximate surface area is 209 Å². The van der Waals surface area contributed by atoms with Crippen LogP contribution in [0.15, 0.2) is 23.1 Å². The van der Waals surface area contributed by atoms with Gasteiger partial charge < -0.3 is 0 Å². The van der Waals surface area contributed by atoms with Crippen molar-refractivity contribution < 1.29 is 13.0 Å². The molecule has 0 spiro atoms. The van der Waals surface area contributed by atoms with E-state index in [9.17, 15) is 13.0 Å². The Morgan fingerprint density at radius 1 is 0.636 bits per heavy atom. The van der Waals surface area contributed by atoms with Crippen molar-refractivity contribution in [1.82, 2.24) is 0 Å². The van der Waals surface area contributed by atoms with Crippen molar-refractivity contribution in [3.63, 3.8) is 0 Å². The Balaban J connectivity index is 1.88. The monoisotopic (exact) mass is 500 g/mol. The van der Waals surface area contributed by atoms with Gasteiger partial charge in [0.25, 0.3) is 10.1 Å². The van der Waals surface area contributed by atoms with Crippen LogP contribution in [-0.4, -0.2) is 13.0 Å². The van der Waals surface area contributed by atoms with Gasteiger partial charge in [0.15, 0.2) is 0 Å². The van der Waals surface area contributed by atoms with E-state index in [0.29, 0.717) is 17.0 Å². The van der Waals surface area contributed by atoms with E-state index < -0.39 is 10.1 Å². The van der Waals surface area contributed by atoms with Crippen molar-refractivity contribution in [3.05, 3.63) is 28.8 Å². The zero-order chi connectivity index (χ0) is 24.2. The molecular weight excluding hydrogens is 452 g/mol. The van der Waals surface area contributed by atoms with E-state index in [0.717, 1.165) is 12.8 Å². The molecule has 0 amide bonds. The van der Waals surface area contributed by atoms with E-state index in [-0.39, 0.29) is 4.90 Å². The maximum absolute atomic E-state index is 11.5. The Bertz CT molecular complexity index is 703. The molecule has 1 aromatic carbocycles. The van der Waals surface area contributed by atoms with Gasteiger partial charge >= 0.3 is 0 Å². The van der Waals surface area contributed by atoms with E-state index in [1.165, 1.54) is 128 Å². The van der Waals surface area contributed by atoms with Gasteiger partial charge in [-0.05, 0) is 36.6 Å². The molecule has 1 aromatic rings. The molecule has 0 aliphatic heterocycles. The molecule has 0 bridgehead atoms. The predicted molar refractivity (Wildman–Crippen MR) is 143 cm³/mol. The molecule has 0 aromatic heterocycles. The van der Waals surface area contributed by atoms with Crippen molar-refractivity contribution in [2.75, 3.05) is 0 Å². The van der Waals surface area contributed by atoms with Gasteiger partial charge in [-0.3, -0.25) is 4.55 Å². The number of benzene rings is 1. The third kappa shape index (κ3) is 16.6. The number of rotatable bonds is 22. The zero-order valence-corrected chi connectivity index (χ0v) is 22.7. The molecule has 33 heavy (non-hydrogen) atoms. The van der Waals surface area contributed by atoms with E-state index in [2.05, 4.69) is 6.92 Å². The summed E-state index contributed by atoms with van der Waals surface area (Å²) in [6.07, 6.45) is 27.5. The van der Waals surface area contributed by atoms with Crippen molar-refractivity contribution in [3.8, 4) is 0 Å². The molecular formula is C28H49ClO3S. The number of hydrogen-bond acceptors (Lipinski definition) is 2. The largest absolute Gasteiger partial charge is 0.294 e. The van der Waals surface area contributed by atoms with Gasteiger partial charge in [0.05, 0.1) is 4.90 Å². The standard InChI is InChI=1S/C28H49ClO3S/c1-2-3-4-5-6-7-8-9-10-11-12-13-14-15-16-17-18-19-20-21-22-26-25-27(29)23-24-28(26)33(30,31)32/h23-25H,2-22H2,1H3,(H,30,31,32). The molecule has 192 valence electrons. The summed E-state index contributed by atoms with van der Waals surface area (Å²) < 4.78 is 32.3. The second-order valence-corrected chi connectivity index (χ2v) is 11.5. The van der Waals surface area contributed by atoms with Gasteiger partial charge in [-0.25, -0.2) is 0 Å². The highest BCUT2D eigenvalue weighted by Crippen LogP contribution is 2.23. The van der Waals surface area contributed by atoms with Crippen LogP contribution in [0.3, 0.4) is 0 Å². The minimum atomic E-state index is -4.18. The summed E-state index contributed by atoms with van der Waals surface area (Å²) in [6.45, 7) is 2.28. The molecule has 0 unspecified atom stereocenters. The van der Waals surface area contributed by atoms with Crippen molar-refractivity contribution in [1.29, 1.82) is 0 Å². The minimum Gasteiger partial charge on any atom is -0.282 e. The van der Waals surface area contributed by atoms with Gasteiger partial charge in [-0.1, -0.05) is 141 Å². The number of aryl methyl sites for hydroxylation is 1. The topological polar surface area (TPSA) is 54.4 Å². The molecule has 1 rings (SSSR count). The molecule has 0 aliphatic carbocycles. The van der Waals surface area contributed by atoms with Gasteiger partial charge in [-0.15, -0.1) is 0 Å². The highest BCUT2D eigenvalue weighted by atomic mass is 35.5. The number of halogens is 1. The summed E-state index contributed by atoms with van der Waals surface area (Å²) >= 11 is 5.98. The van der Waals surface area contributed by atoms with Crippen LogP contribution in [0.1, 0.15) is 141 Å². The van der Waals surface area contributed by atoms with Crippen LogP contribution in [0.5, 0.6) is 0 Å². The van der Waals surface area contributed by atoms with Gasteiger partial charge in [0.2, 0.25) is 0 Å². The average molecular weight is 501 g/mol. The third-order valence-corrected chi connectivity index (χ3v) is 7.79. The first-order valence-corrected chi connectivity index (χ1v) is 15.5. The quantitative estimate of drug-likeness (QED) is 0.127. The predicted octanol–water partition coefficient (Wildman–Crippen LogP) is 9.95. The van der Waals surface area contributed by atoms with Crippen LogP contribution in [0, 0.1) is 0 Å². The van der Waals surface area contributed by atoms with Gasteiger partial charge in [-0.2, -0.15) is 8.42 Å². The summed E-state index contributed by atoms with van der Waals surface area (Å²) in [6, 6.07) is 4.55. The summed E-state index contributed by atoms with van der Waals surface area (Å²) in [5, 5.41) is 0.505. The van der Waals surface area contributed by atoms with Crippen molar-refractivity contribution in [2.24, 2.45) is 0 Å². The molecule has 0 saturated heterocycles. The highest BCUT2D eigenvalue weighted by molar-refractivity contribution is 7.85. The lowest BCUT2D eigenvalue weighted by molar-refractivity contribution is 0.481. The second kappa shape index (κ2) is 19.7. The van der Waals surface area contributed by atoms with E-state index >= 15 is 0 Å². The Morgan fingerprint density at radius 3 is 1.36 bits per heavy atom. The maximum Gasteiger partial charge on any atom is 0.294 e. The second-order valence-electron chi connectivity index (χ2n) is 9.69. The maximum atomic E-state index is 11.5. The first kappa shape index (κ1) is 30.5. The summed E-state index contributed by atoms with van der Waals surface area (Å²) in [5.41, 5.74) is 0.618. The van der Waals surface area contributed by atoms with Crippen LogP contribution in [0.25, 0.3) is 0 Å². The lowest BCUT2D eigenvalue weighted by Crippen LogP contribution is -2.03. The molecule has 5 heteroatoms. The molecule has 0 radical (unpaired) electrons. The summed E-state index contributed by atoms with van der Waals surface area (Å²) in [4.78, 5) is -0.00953. The number of hydrogen-bond donors (Lipinski definition) is 1. The SMILES string of the molecule is CCCCCCCCCCCCCCCCCCCCCCc1cc(Cl)ccc1S(=O)(=O)O. The molecule has 0 saturated carbocycles. The fourth-order valence-corrected chi connectivity index (χ4v) is 5.49. The first-order chi connectivity index (χ1) is 15.9. The molecule has 0 aliphatic rings. The summed E-state index contributed by atoms with van der Waals surface area (Å²) in [7, 11) is -4.18. The molecule has 0 fully saturated rings. The lowest BCUT2D eigenvalue weighted by Gasteiger charge is -2.08.